The van der Waals surface area contributed by atoms with Crippen LogP contribution >= 0.6 is 0 Å². The number of halogens is 1. The second kappa shape index (κ2) is 10.2. The molecular formula is C20H21FN2O5. The van der Waals surface area contributed by atoms with Crippen LogP contribution in [0.4, 0.5) is 4.39 Å². The summed E-state index contributed by atoms with van der Waals surface area (Å²) in [6.07, 6.45) is 0. The van der Waals surface area contributed by atoms with Gasteiger partial charge in [0.1, 0.15) is 5.82 Å². The number of piperazine rings is 1. The number of carboxylic acid groups (broad SMARTS) is 2. The summed E-state index contributed by atoms with van der Waals surface area (Å²) in [5.41, 5.74) is 1.71. The Morgan fingerprint density at radius 3 is 2.00 bits per heavy atom. The van der Waals surface area contributed by atoms with E-state index in [-0.39, 0.29) is 11.7 Å². The van der Waals surface area contributed by atoms with Crippen molar-refractivity contribution in [2.75, 3.05) is 26.2 Å². The lowest BCUT2D eigenvalue weighted by Gasteiger charge is -2.34. The SMILES string of the molecule is O=C(O)C(=O)O.O=C(c1ccccc1)N1CCN(Cc2cccc(F)c2)CC1. The molecule has 0 saturated carbocycles. The number of hydrogen-bond acceptors (Lipinski definition) is 4. The molecule has 3 rings (SSSR count). The lowest BCUT2D eigenvalue weighted by molar-refractivity contribution is -0.159. The quantitative estimate of drug-likeness (QED) is 0.780. The minimum atomic E-state index is -1.82. The second-order valence-electron chi connectivity index (χ2n) is 6.17. The van der Waals surface area contributed by atoms with Crippen LogP contribution in [0.25, 0.3) is 0 Å². The Hall–Kier alpha value is -3.26. The first-order chi connectivity index (χ1) is 13.4. The van der Waals surface area contributed by atoms with E-state index in [1.807, 2.05) is 41.3 Å². The third-order valence-electron chi connectivity index (χ3n) is 4.16. The van der Waals surface area contributed by atoms with Gasteiger partial charge in [0, 0.05) is 38.3 Å². The highest BCUT2D eigenvalue weighted by Crippen LogP contribution is 2.12. The number of hydrogen-bond donors (Lipinski definition) is 2. The van der Waals surface area contributed by atoms with E-state index in [1.54, 1.807) is 12.1 Å². The number of carbonyl (C=O) groups excluding carboxylic acids is 1. The van der Waals surface area contributed by atoms with Crippen LogP contribution in [-0.4, -0.2) is 64.0 Å². The molecule has 1 aliphatic heterocycles. The number of benzene rings is 2. The summed E-state index contributed by atoms with van der Waals surface area (Å²) in [6, 6.07) is 16.1. The first-order valence-electron chi connectivity index (χ1n) is 8.64. The van der Waals surface area contributed by atoms with E-state index in [0.29, 0.717) is 13.1 Å². The van der Waals surface area contributed by atoms with Crippen LogP contribution in [0.15, 0.2) is 54.6 Å². The molecule has 0 bridgehead atoms. The number of carbonyl (C=O) groups is 3. The largest absolute Gasteiger partial charge is 0.473 e. The van der Waals surface area contributed by atoms with Gasteiger partial charge in [0.05, 0.1) is 0 Å². The molecule has 0 radical (unpaired) electrons. The first-order valence-corrected chi connectivity index (χ1v) is 8.64. The monoisotopic (exact) mass is 388 g/mol. The number of amides is 1. The highest BCUT2D eigenvalue weighted by Gasteiger charge is 2.21. The van der Waals surface area contributed by atoms with E-state index >= 15 is 0 Å². The maximum Gasteiger partial charge on any atom is 0.414 e. The van der Waals surface area contributed by atoms with E-state index in [4.69, 9.17) is 19.8 Å². The van der Waals surface area contributed by atoms with Crippen LogP contribution in [0.2, 0.25) is 0 Å². The summed E-state index contributed by atoms with van der Waals surface area (Å²) < 4.78 is 13.2. The Morgan fingerprint density at radius 1 is 0.857 bits per heavy atom. The fourth-order valence-corrected chi connectivity index (χ4v) is 2.77. The van der Waals surface area contributed by atoms with Crippen molar-refractivity contribution in [2.24, 2.45) is 0 Å². The van der Waals surface area contributed by atoms with Crippen molar-refractivity contribution < 1.29 is 29.0 Å². The predicted molar refractivity (Wildman–Crippen MR) is 99.3 cm³/mol. The Morgan fingerprint density at radius 2 is 1.46 bits per heavy atom. The molecule has 7 nitrogen and oxygen atoms in total. The molecule has 1 aliphatic rings. The summed E-state index contributed by atoms with van der Waals surface area (Å²) >= 11 is 0. The maximum absolute atomic E-state index is 13.2. The molecule has 0 aromatic heterocycles. The van der Waals surface area contributed by atoms with Crippen LogP contribution in [0.1, 0.15) is 15.9 Å². The average molecular weight is 388 g/mol. The molecular weight excluding hydrogens is 367 g/mol. The van der Waals surface area contributed by atoms with E-state index in [2.05, 4.69) is 4.90 Å². The van der Waals surface area contributed by atoms with Gasteiger partial charge < -0.3 is 15.1 Å². The van der Waals surface area contributed by atoms with Gasteiger partial charge in [0.25, 0.3) is 5.91 Å². The third-order valence-corrected chi connectivity index (χ3v) is 4.16. The van der Waals surface area contributed by atoms with Gasteiger partial charge in [-0.05, 0) is 29.8 Å². The molecule has 148 valence electrons. The smallest absolute Gasteiger partial charge is 0.414 e. The van der Waals surface area contributed by atoms with Crippen LogP contribution in [0.5, 0.6) is 0 Å². The second-order valence-corrected chi connectivity index (χ2v) is 6.17. The summed E-state index contributed by atoms with van der Waals surface area (Å²) in [7, 11) is 0. The molecule has 0 aliphatic carbocycles. The normalized spacial score (nSPS) is 14.0. The van der Waals surface area contributed by atoms with E-state index in [9.17, 15) is 9.18 Å². The zero-order valence-electron chi connectivity index (χ0n) is 15.1. The zero-order chi connectivity index (χ0) is 20.5. The first kappa shape index (κ1) is 21.0. The van der Waals surface area contributed by atoms with Crippen molar-refractivity contribution in [1.29, 1.82) is 0 Å². The standard InChI is InChI=1S/C18H19FN2O.C2H2O4/c19-17-8-4-5-15(13-17)14-20-9-11-21(12-10-20)18(22)16-6-2-1-3-7-16;3-1(4)2(5)6/h1-8,13H,9-12,14H2;(H,3,4)(H,5,6). The topological polar surface area (TPSA) is 98.1 Å². The van der Waals surface area contributed by atoms with Crippen LogP contribution < -0.4 is 0 Å². The lowest BCUT2D eigenvalue weighted by atomic mass is 10.1. The molecule has 8 heteroatoms. The van der Waals surface area contributed by atoms with Gasteiger partial charge in [-0.3, -0.25) is 9.69 Å². The maximum atomic E-state index is 13.2. The van der Waals surface area contributed by atoms with Gasteiger partial charge in [-0.25, -0.2) is 14.0 Å². The number of nitrogens with zero attached hydrogens (tertiary/aromatic N) is 2. The Labute approximate surface area is 161 Å². The Balaban J connectivity index is 0.000000409. The van der Waals surface area contributed by atoms with E-state index in [1.165, 1.54) is 6.07 Å². The summed E-state index contributed by atoms with van der Waals surface area (Å²) in [5, 5.41) is 14.8. The molecule has 28 heavy (non-hydrogen) atoms. The van der Waals surface area contributed by atoms with Crippen LogP contribution in [0, 0.1) is 5.82 Å². The molecule has 0 atom stereocenters. The van der Waals surface area contributed by atoms with Crippen molar-refractivity contribution in [3.63, 3.8) is 0 Å². The van der Waals surface area contributed by atoms with Crippen molar-refractivity contribution in [3.8, 4) is 0 Å². The van der Waals surface area contributed by atoms with Crippen LogP contribution in [-0.2, 0) is 16.1 Å². The van der Waals surface area contributed by atoms with Gasteiger partial charge in [-0.1, -0.05) is 30.3 Å². The zero-order valence-corrected chi connectivity index (χ0v) is 15.1. The minimum Gasteiger partial charge on any atom is -0.473 e. The van der Waals surface area contributed by atoms with Crippen molar-refractivity contribution in [3.05, 3.63) is 71.5 Å². The highest BCUT2D eigenvalue weighted by molar-refractivity contribution is 6.27. The van der Waals surface area contributed by atoms with E-state index in [0.717, 1.165) is 30.8 Å². The molecule has 0 unspecified atom stereocenters. The fraction of sp³-hybridized carbons (Fsp3) is 0.250. The molecule has 2 N–H and O–H groups in total. The van der Waals surface area contributed by atoms with Crippen LogP contribution in [0.3, 0.4) is 0 Å². The molecule has 1 saturated heterocycles. The number of carboxylic acids is 2. The Bertz CT molecular complexity index is 808. The Kier molecular flexibility index (Phi) is 7.65. The predicted octanol–water partition coefficient (Wildman–Crippen LogP) is 1.94. The molecule has 0 spiro atoms. The van der Waals surface area contributed by atoms with Gasteiger partial charge >= 0.3 is 11.9 Å². The van der Waals surface area contributed by atoms with E-state index < -0.39 is 11.9 Å². The average Bonchev–Trinajstić information content (AvgIpc) is 2.69. The fourth-order valence-electron chi connectivity index (χ4n) is 2.77. The third kappa shape index (κ3) is 6.48. The van der Waals surface area contributed by atoms with Crippen molar-refractivity contribution in [2.45, 2.75) is 6.54 Å². The van der Waals surface area contributed by atoms with Crippen molar-refractivity contribution >= 4 is 17.8 Å². The minimum absolute atomic E-state index is 0.0889. The van der Waals surface area contributed by atoms with Gasteiger partial charge in [-0.2, -0.15) is 0 Å². The molecule has 2 aromatic carbocycles. The lowest BCUT2D eigenvalue weighted by Crippen LogP contribution is -2.48. The van der Waals surface area contributed by atoms with Gasteiger partial charge in [-0.15, -0.1) is 0 Å². The van der Waals surface area contributed by atoms with Gasteiger partial charge in [0.2, 0.25) is 0 Å². The highest BCUT2D eigenvalue weighted by atomic mass is 19.1. The summed E-state index contributed by atoms with van der Waals surface area (Å²) in [6.45, 7) is 3.78. The molecule has 2 aromatic rings. The molecule has 1 heterocycles. The molecule has 1 fully saturated rings. The summed E-state index contributed by atoms with van der Waals surface area (Å²) in [5.74, 6) is -3.76. The number of aliphatic carboxylic acids is 2. The van der Waals surface area contributed by atoms with Crippen molar-refractivity contribution in [1.82, 2.24) is 9.80 Å². The molecule has 1 amide bonds. The number of rotatable bonds is 3. The summed E-state index contributed by atoms with van der Waals surface area (Å²) in [4.78, 5) is 34.7. The van der Waals surface area contributed by atoms with Gasteiger partial charge in [0.15, 0.2) is 0 Å².